The van der Waals surface area contributed by atoms with Crippen LogP contribution in [0, 0.1) is 0 Å². The second-order valence-corrected chi connectivity index (χ2v) is 9.45. The van der Waals surface area contributed by atoms with Gasteiger partial charge in [-0.25, -0.2) is 19.4 Å². The molecule has 1 aliphatic rings. The van der Waals surface area contributed by atoms with Crippen molar-refractivity contribution in [3.05, 3.63) is 125 Å². The molecule has 40 heavy (non-hydrogen) atoms. The number of allylic oxidation sites excluding steroid dienone is 1. The van der Waals surface area contributed by atoms with Gasteiger partial charge >= 0.3 is 0 Å². The average molecular weight is 540 g/mol. The van der Waals surface area contributed by atoms with Crippen LogP contribution >= 0.6 is 11.6 Å². The van der Waals surface area contributed by atoms with Gasteiger partial charge in [-0.3, -0.25) is 4.98 Å². The summed E-state index contributed by atoms with van der Waals surface area (Å²) in [7, 11) is 0. The summed E-state index contributed by atoms with van der Waals surface area (Å²) in [5.41, 5.74) is 4.28. The molecule has 0 amide bonds. The number of hydrogen-bond donors (Lipinski definition) is 0. The van der Waals surface area contributed by atoms with Gasteiger partial charge in [-0.2, -0.15) is 0 Å². The molecule has 6 rings (SSSR count). The number of halogens is 1. The number of benzene rings is 4. The molecule has 0 saturated heterocycles. The van der Waals surface area contributed by atoms with Gasteiger partial charge in [-0.05, 0) is 54.1 Å². The molecule has 0 saturated carbocycles. The van der Waals surface area contributed by atoms with E-state index < -0.39 is 5.92 Å². The molecule has 0 bridgehead atoms. The molecule has 5 aromatic rings. The zero-order valence-electron chi connectivity index (χ0n) is 20.8. The van der Waals surface area contributed by atoms with E-state index in [0.29, 0.717) is 16.5 Å². The number of nitrogens with zero attached hydrogens (tertiary/aromatic N) is 3. The second-order valence-electron chi connectivity index (χ2n) is 9.06. The van der Waals surface area contributed by atoms with Gasteiger partial charge in [0.05, 0.1) is 27.4 Å². The van der Waals surface area contributed by atoms with Crippen molar-refractivity contribution >= 4 is 73.8 Å². The van der Waals surface area contributed by atoms with E-state index in [1.807, 2.05) is 103 Å². The van der Waals surface area contributed by atoms with Crippen molar-refractivity contribution in [2.45, 2.75) is 5.92 Å². The van der Waals surface area contributed by atoms with Crippen molar-refractivity contribution in [1.29, 1.82) is 0 Å². The topological polar surface area (TPSA) is 79.7 Å². The predicted octanol–water partition coefficient (Wildman–Crippen LogP) is 4.99. The Kier molecular flexibility index (Phi) is 6.51. The third-order valence-electron chi connectivity index (χ3n) is 6.88. The van der Waals surface area contributed by atoms with Gasteiger partial charge in [-0.1, -0.05) is 60.1 Å². The minimum Gasteiger partial charge on any atom is -0.311 e. The van der Waals surface area contributed by atoms with Crippen LogP contribution in [0.15, 0.2) is 108 Å². The van der Waals surface area contributed by atoms with Crippen LogP contribution in [0.5, 0.6) is 0 Å². The number of para-hydroxylation sites is 2. The number of aromatic nitrogens is 1. The second kappa shape index (κ2) is 10.4. The largest absolute Gasteiger partial charge is 0.311 e. The lowest BCUT2D eigenvalue weighted by molar-refractivity contribution is 0.564. The monoisotopic (exact) mass is 539 g/mol. The molecule has 6 nitrogen and oxygen atoms in total. The lowest BCUT2D eigenvalue weighted by Gasteiger charge is -2.27. The maximum absolute atomic E-state index is 12.5. The summed E-state index contributed by atoms with van der Waals surface area (Å²) < 4.78 is 0. The molecular weight excluding hydrogens is 522 g/mol. The van der Waals surface area contributed by atoms with Crippen molar-refractivity contribution in [3.63, 3.8) is 0 Å². The van der Waals surface area contributed by atoms with E-state index in [1.165, 1.54) is 6.20 Å². The van der Waals surface area contributed by atoms with Crippen LogP contribution in [0.3, 0.4) is 0 Å². The summed E-state index contributed by atoms with van der Waals surface area (Å²) in [6.45, 7) is 0. The fourth-order valence-electron chi connectivity index (χ4n) is 5.14. The number of aliphatic imine (C=N–C) groups is 1. The average Bonchev–Trinajstić information content (AvgIpc) is 3.01. The van der Waals surface area contributed by atoms with E-state index in [0.717, 1.165) is 17.1 Å². The van der Waals surface area contributed by atoms with Crippen molar-refractivity contribution in [1.82, 2.24) is 4.98 Å². The summed E-state index contributed by atoms with van der Waals surface area (Å²) >= 11 is 6.72. The van der Waals surface area contributed by atoms with Crippen LogP contribution in [-0.2, 0) is 14.4 Å². The highest BCUT2D eigenvalue weighted by Gasteiger charge is 2.33. The lowest BCUT2D eigenvalue weighted by atomic mass is 9.83. The van der Waals surface area contributed by atoms with Gasteiger partial charge in [0, 0.05) is 34.2 Å². The molecule has 0 N–H and O–H groups in total. The summed E-state index contributed by atoms with van der Waals surface area (Å²) in [6.07, 6.45) is 1.53. The molecule has 4 aromatic carbocycles. The highest BCUT2D eigenvalue weighted by molar-refractivity contribution is 6.68. The minimum absolute atomic E-state index is 0.0340. The minimum atomic E-state index is -0.810. The van der Waals surface area contributed by atoms with E-state index in [1.54, 1.807) is 12.1 Å². The van der Waals surface area contributed by atoms with Gasteiger partial charge in [0.2, 0.25) is 0 Å². The van der Waals surface area contributed by atoms with E-state index in [4.69, 9.17) is 11.6 Å². The third-order valence-corrected chi connectivity index (χ3v) is 7.18. The maximum atomic E-state index is 12.5. The van der Waals surface area contributed by atoms with E-state index >= 15 is 0 Å². The Hall–Kier alpha value is -5.34. The molecule has 1 aromatic heterocycles. The van der Waals surface area contributed by atoms with Gasteiger partial charge in [-0.15, -0.1) is 0 Å². The van der Waals surface area contributed by atoms with E-state index in [2.05, 4.69) is 14.9 Å². The number of fused-ring (bicyclic) bond motifs is 3. The summed E-state index contributed by atoms with van der Waals surface area (Å²) in [5.74, 6) is 4.80. The smallest absolute Gasteiger partial charge is 0.134 e. The van der Waals surface area contributed by atoms with Crippen LogP contribution < -0.4 is 15.3 Å². The number of rotatable bonds is 4. The number of pyridine rings is 1. The Bertz CT molecular complexity index is 1990. The molecule has 1 atom stereocenters. The Labute approximate surface area is 233 Å². The van der Waals surface area contributed by atoms with Crippen LogP contribution in [0.25, 0.3) is 16.5 Å². The Morgan fingerprint density at radius 2 is 1.27 bits per heavy atom. The first-order chi connectivity index (χ1) is 19.7. The Balaban J connectivity index is 1.51. The molecule has 7 heteroatoms. The first-order valence-corrected chi connectivity index (χ1v) is 12.7. The zero-order valence-corrected chi connectivity index (χ0v) is 21.6. The number of anilines is 3. The summed E-state index contributed by atoms with van der Waals surface area (Å²) in [4.78, 5) is 47.5. The van der Waals surface area contributed by atoms with Gasteiger partial charge in [0.15, 0.2) is 0 Å². The van der Waals surface area contributed by atoms with Gasteiger partial charge < -0.3 is 4.90 Å². The van der Waals surface area contributed by atoms with Crippen LogP contribution in [0.1, 0.15) is 17.0 Å². The Morgan fingerprint density at radius 1 is 0.675 bits per heavy atom. The standard InChI is InChI=1S/C33H18ClN3O3/c34-33-29(28(20-40)30-27(19-39)26(18-38)25-12-7-17-35-31(25)32(30)36-33)21-13-15-24(16-14-21)37(22-8-3-1-4-9-22)23-10-5-2-6-11-23/h1-17,29H. The highest BCUT2D eigenvalue weighted by Crippen LogP contribution is 2.43. The maximum Gasteiger partial charge on any atom is 0.134 e. The molecule has 0 fully saturated rings. The lowest BCUT2D eigenvalue weighted by Crippen LogP contribution is -2.34. The Morgan fingerprint density at radius 3 is 1.85 bits per heavy atom. The number of hydrogen-bond acceptors (Lipinski definition) is 6. The van der Waals surface area contributed by atoms with Crippen molar-refractivity contribution in [2.75, 3.05) is 4.90 Å². The molecule has 2 heterocycles. The fraction of sp³-hybridized carbons (Fsp3) is 0.0303. The number of carbonyl (C=O) groups excluding carboxylic acids is 3. The highest BCUT2D eigenvalue weighted by atomic mass is 35.5. The van der Waals surface area contributed by atoms with Gasteiger partial charge in [0.1, 0.15) is 28.7 Å². The fourth-order valence-corrected chi connectivity index (χ4v) is 5.46. The molecule has 1 unspecified atom stereocenters. The molecule has 190 valence electrons. The van der Waals surface area contributed by atoms with Crippen molar-refractivity contribution in [3.8, 4) is 0 Å². The molecule has 0 radical (unpaired) electrons. The van der Waals surface area contributed by atoms with E-state index in [9.17, 15) is 14.4 Å². The van der Waals surface area contributed by atoms with E-state index in [-0.39, 0.29) is 32.4 Å². The third kappa shape index (κ3) is 4.07. The molecule has 0 spiro atoms. The SMILES string of the molecule is O=C=C1c2c(c3ncccc3c(=C=O)c2=C=O)N=C(Cl)C1c1ccc(N(c2ccccc2)c2ccccc2)cc1. The quantitative estimate of drug-likeness (QED) is 0.301. The van der Waals surface area contributed by atoms with Crippen molar-refractivity contribution in [2.24, 2.45) is 4.99 Å². The zero-order chi connectivity index (χ0) is 27.6. The first-order valence-electron chi connectivity index (χ1n) is 12.4. The molecule has 0 aliphatic carbocycles. The predicted molar refractivity (Wildman–Crippen MR) is 157 cm³/mol. The molecular formula is C33H18ClN3O3. The van der Waals surface area contributed by atoms with Crippen LogP contribution in [-0.4, -0.2) is 28.0 Å². The first kappa shape index (κ1) is 25.0. The summed E-state index contributed by atoms with van der Waals surface area (Å²) in [6, 6.07) is 30.7. The van der Waals surface area contributed by atoms with Crippen LogP contribution in [0.2, 0.25) is 0 Å². The van der Waals surface area contributed by atoms with Crippen LogP contribution in [0.4, 0.5) is 22.7 Å². The van der Waals surface area contributed by atoms with Gasteiger partial charge in [0.25, 0.3) is 0 Å². The van der Waals surface area contributed by atoms with Crippen molar-refractivity contribution < 1.29 is 14.4 Å². The normalized spacial score (nSPS) is 14.0. The molecule has 1 aliphatic heterocycles. The summed E-state index contributed by atoms with van der Waals surface area (Å²) in [5, 5.41) is 0.344.